The number of likely N-dealkylation sites (N-methyl/N-ethyl adjacent to an activating group) is 1. The highest BCUT2D eigenvalue weighted by atomic mass is 16.5. The van der Waals surface area contributed by atoms with Crippen LogP contribution in [0.25, 0.3) is 22.2 Å². The molecule has 1 atom stereocenters. The average molecular weight is 537 g/mol. The minimum atomic E-state index is 0.375. The van der Waals surface area contributed by atoms with Crippen LogP contribution in [0, 0.1) is 6.92 Å². The number of likely N-dealkylation sites (tertiary alicyclic amines) is 1. The van der Waals surface area contributed by atoms with Gasteiger partial charge < -0.3 is 15.0 Å². The summed E-state index contributed by atoms with van der Waals surface area (Å²) in [5.41, 5.74) is 10.8. The van der Waals surface area contributed by atoms with Crippen LogP contribution in [0.1, 0.15) is 44.3 Å². The SMILES string of the molecule is Cc1c(-c2ccc(Oc3ccccc3)cc2)c2c(N)ncnc2n1C1CCN(C(C)/C=C/CN(C)C2CC2)CC1. The van der Waals surface area contributed by atoms with Crippen LogP contribution in [0.4, 0.5) is 5.82 Å². The van der Waals surface area contributed by atoms with Gasteiger partial charge in [0.15, 0.2) is 0 Å². The van der Waals surface area contributed by atoms with E-state index < -0.39 is 0 Å². The zero-order valence-electron chi connectivity index (χ0n) is 23.8. The van der Waals surface area contributed by atoms with Gasteiger partial charge in [0.05, 0.1) is 5.39 Å². The summed E-state index contributed by atoms with van der Waals surface area (Å²) in [6, 6.07) is 19.7. The van der Waals surface area contributed by atoms with Crippen LogP contribution in [0.5, 0.6) is 11.5 Å². The summed E-state index contributed by atoms with van der Waals surface area (Å²) in [5.74, 6) is 2.15. The number of rotatable bonds is 9. The number of fused-ring (bicyclic) bond motifs is 1. The van der Waals surface area contributed by atoms with Gasteiger partial charge in [-0.25, -0.2) is 9.97 Å². The predicted molar refractivity (Wildman–Crippen MR) is 163 cm³/mol. The normalized spacial score (nSPS) is 17.7. The minimum absolute atomic E-state index is 0.375. The first-order valence-corrected chi connectivity index (χ1v) is 14.5. The van der Waals surface area contributed by atoms with E-state index in [1.54, 1.807) is 6.33 Å². The first-order chi connectivity index (χ1) is 19.5. The van der Waals surface area contributed by atoms with Gasteiger partial charge in [0, 0.05) is 49.0 Å². The number of piperidine rings is 1. The summed E-state index contributed by atoms with van der Waals surface area (Å²) in [7, 11) is 2.24. The second kappa shape index (κ2) is 11.4. The monoisotopic (exact) mass is 536 g/mol. The number of hydrogen-bond acceptors (Lipinski definition) is 6. The van der Waals surface area contributed by atoms with E-state index in [0.29, 0.717) is 17.9 Å². The Hall–Kier alpha value is -3.68. The third kappa shape index (κ3) is 5.49. The highest BCUT2D eigenvalue weighted by Crippen LogP contribution is 2.40. The minimum Gasteiger partial charge on any atom is -0.457 e. The van der Waals surface area contributed by atoms with Crippen molar-refractivity contribution in [1.29, 1.82) is 0 Å². The summed E-state index contributed by atoms with van der Waals surface area (Å²) < 4.78 is 8.44. The standard InChI is InChI=1S/C33H40N6O/c1-23(8-7-19-37(3)26-13-14-26)38-20-17-27(18-21-38)39-24(2)30(31-32(34)35-22-36-33(31)39)25-11-15-29(16-12-25)40-28-9-5-4-6-10-28/h4-12,15-16,22-23,26-27H,13-14,17-21H2,1-3H3,(H2,34,35,36)/b8-7+. The first kappa shape index (κ1) is 26.5. The van der Waals surface area contributed by atoms with Crippen molar-refractivity contribution < 1.29 is 4.74 Å². The maximum atomic E-state index is 6.48. The number of nitrogens with zero attached hydrogens (tertiary/aromatic N) is 5. The summed E-state index contributed by atoms with van der Waals surface area (Å²) in [5, 5.41) is 0.940. The van der Waals surface area contributed by atoms with Crippen LogP contribution >= 0.6 is 0 Å². The molecule has 1 unspecified atom stereocenters. The molecule has 7 heteroatoms. The van der Waals surface area contributed by atoms with E-state index in [0.717, 1.165) is 72.2 Å². The first-order valence-electron chi connectivity index (χ1n) is 14.5. The Morgan fingerprint density at radius 1 is 1.00 bits per heavy atom. The van der Waals surface area contributed by atoms with Gasteiger partial charge in [-0.2, -0.15) is 0 Å². The summed E-state index contributed by atoms with van der Waals surface area (Å²) in [6.45, 7) is 7.69. The van der Waals surface area contributed by atoms with Gasteiger partial charge in [-0.15, -0.1) is 0 Å². The molecule has 2 N–H and O–H groups in total. The molecule has 1 aliphatic carbocycles. The van der Waals surface area contributed by atoms with Gasteiger partial charge in [-0.1, -0.05) is 42.5 Å². The number of nitrogens with two attached hydrogens (primary N) is 1. The fraction of sp³-hybridized carbons (Fsp3) is 0.394. The van der Waals surface area contributed by atoms with Crippen LogP contribution < -0.4 is 10.5 Å². The van der Waals surface area contributed by atoms with Crippen molar-refractivity contribution in [2.45, 2.75) is 57.7 Å². The van der Waals surface area contributed by atoms with Gasteiger partial charge in [0.25, 0.3) is 0 Å². The van der Waals surface area contributed by atoms with Gasteiger partial charge in [0.1, 0.15) is 29.3 Å². The number of para-hydroxylation sites is 1. The molecular formula is C33H40N6O. The van der Waals surface area contributed by atoms with Gasteiger partial charge in [-0.05, 0) is 76.4 Å². The highest BCUT2D eigenvalue weighted by molar-refractivity contribution is 6.02. The Morgan fingerprint density at radius 2 is 1.70 bits per heavy atom. The van der Waals surface area contributed by atoms with Crippen molar-refractivity contribution in [3.05, 3.63) is 78.8 Å². The number of ether oxygens (including phenoxy) is 1. The topological polar surface area (TPSA) is 72.4 Å². The zero-order chi connectivity index (χ0) is 27.6. The third-order valence-corrected chi connectivity index (χ3v) is 8.60. The smallest absolute Gasteiger partial charge is 0.146 e. The van der Waals surface area contributed by atoms with E-state index in [1.165, 1.54) is 18.5 Å². The fourth-order valence-corrected chi connectivity index (χ4v) is 6.15. The van der Waals surface area contributed by atoms with Crippen LogP contribution in [-0.4, -0.2) is 63.1 Å². The molecule has 0 spiro atoms. The molecule has 2 fully saturated rings. The van der Waals surface area contributed by atoms with Crippen molar-refractivity contribution in [3.8, 4) is 22.6 Å². The molecule has 2 aromatic carbocycles. The Morgan fingerprint density at radius 3 is 2.40 bits per heavy atom. The average Bonchev–Trinajstić information content (AvgIpc) is 3.78. The molecule has 2 aliphatic rings. The molecule has 0 amide bonds. The van der Waals surface area contributed by atoms with Crippen molar-refractivity contribution in [3.63, 3.8) is 0 Å². The van der Waals surface area contributed by atoms with E-state index in [2.05, 4.69) is 64.5 Å². The van der Waals surface area contributed by atoms with E-state index in [-0.39, 0.29) is 0 Å². The third-order valence-electron chi connectivity index (χ3n) is 8.60. The van der Waals surface area contributed by atoms with Gasteiger partial charge in [0.2, 0.25) is 0 Å². The lowest BCUT2D eigenvalue weighted by Gasteiger charge is -2.36. The van der Waals surface area contributed by atoms with Crippen molar-refractivity contribution in [2.24, 2.45) is 0 Å². The second-order valence-electron chi connectivity index (χ2n) is 11.3. The maximum Gasteiger partial charge on any atom is 0.146 e. The molecule has 6 rings (SSSR count). The number of anilines is 1. The van der Waals surface area contributed by atoms with E-state index in [4.69, 9.17) is 15.5 Å². The summed E-state index contributed by atoms with van der Waals surface area (Å²) in [6.07, 6.45) is 11.2. The van der Waals surface area contributed by atoms with E-state index >= 15 is 0 Å². The number of hydrogen-bond donors (Lipinski definition) is 1. The van der Waals surface area contributed by atoms with Crippen molar-refractivity contribution >= 4 is 16.9 Å². The van der Waals surface area contributed by atoms with Crippen LogP contribution in [0.2, 0.25) is 0 Å². The lowest BCUT2D eigenvalue weighted by molar-refractivity contribution is 0.165. The highest BCUT2D eigenvalue weighted by Gasteiger charge is 2.29. The van der Waals surface area contributed by atoms with Crippen molar-refractivity contribution in [1.82, 2.24) is 24.3 Å². The zero-order valence-corrected chi connectivity index (χ0v) is 23.8. The molecule has 0 radical (unpaired) electrons. The van der Waals surface area contributed by atoms with E-state index in [9.17, 15) is 0 Å². The van der Waals surface area contributed by atoms with Crippen LogP contribution in [0.3, 0.4) is 0 Å². The van der Waals surface area contributed by atoms with Crippen LogP contribution in [-0.2, 0) is 0 Å². The Balaban J connectivity index is 1.20. The Kier molecular flexibility index (Phi) is 7.59. The molecule has 3 heterocycles. The van der Waals surface area contributed by atoms with Crippen LogP contribution in [0.15, 0.2) is 73.1 Å². The molecule has 0 bridgehead atoms. The Bertz CT molecular complexity index is 1470. The molecule has 7 nitrogen and oxygen atoms in total. The lowest BCUT2D eigenvalue weighted by atomic mass is 10.0. The second-order valence-corrected chi connectivity index (χ2v) is 11.3. The number of benzene rings is 2. The molecule has 1 aliphatic heterocycles. The molecule has 208 valence electrons. The number of aromatic nitrogens is 3. The maximum absolute atomic E-state index is 6.48. The Labute approximate surface area is 237 Å². The molecule has 40 heavy (non-hydrogen) atoms. The fourth-order valence-electron chi connectivity index (χ4n) is 6.15. The summed E-state index contributed by atoms with van der Waals surface area (Å²) >= 11 is 0. The van der Waals surface area contributed by atoms with Gasteiger partial charge in [-0.3, -0.25) is 9.80 Å². The molecule has 1 saturated carbocycles. The number of nitrogen functional groups attached to an aromatic ring is 1. The quantitative estimate of drug-likeness (QED) is 0.248. The lowest BCUT2D eigenvalue weighted by Crippen LogP contribution is -2.39. The molecule has 4 aromatic rings. The molecular weight excluding hydrogens is 496 g/mol. The molecule has 2 aromatic heterocycles. The van der Waals surface area contributed by atoms with Crippen molar-refractivity contribution in [2.75, 3.05) is 32.4 Å². The van der Waals surface area contributed by atoms with E-state index in [1.807, 2.05) is 42.5 Å². The molecule has 1 saturated heterocycles. The predicted octanol–water partition coefficient (Wildman–Crippen LogP) is 6.46. The van der Waals surface area contributed by atoms with Gasteiger partial charge >= 0.3 is 0 Å². The summed E-state index contributed by atoms with van der Waals surface area (Å²) in [4.78, 5) is 14.2. The largest absolute Gasteiger partial charge is 0.457 e.